The molecule has 1 N–H and O–H groups in total. The van der Waals surface area contributed by atoms with Crippen molar-refractivity contribution >= 4 is 11.9 Å². The third-order valence-electron chi connectivity index (χ3n) is 2.82. The van der Waals surface area contributed by atoms with E-state index >= 15 is 0 Å². The summed E-state index contributed by atoms with van der Waals surface area (Å²) in [6.45, 7) is 0. The van der Waals surface area contributed by atoms with Gasteiger partial charge in [-0.1, -0.05) is 12.1 Å². The number of fused-ring (bicyclic) bond motifs is 1. The Morgan fingerprint density at radius 1 is 1.11 bits per heavy atom. The molecule has 0 saturated heterocycles. The Hall–Kier alpha value is -2.62. The zero-order chi connectivity index (χ0) is 13.4. The Bertz CT molecular complexity index is 687. The minimum absolute atomic E-state index is 0.0367. The van der Waals surface area contributed by atoms with Gasteiger partial charge in [-0.3, -0.25) is 4.79 Å². The Morgan fingerprint density at radius 3 is 2.58 bits per heavy atom. The molecule has 0 aromatic heterocycles. The van der Waals surface area contributed by atoms with Gasteiger partial charge in [-0.2, -0.15) is 0 Å². The molecule has 0 unspecified atom stereocenters. The van der Waals surface area contributed by atoms with E-state index in [0.717, 1.165) is 0 Å². The molecule has 0 amide bonds. The van der Waals surface area contributed by atoms with Crippen molar-refractivity contribution in [2.45, 2.75) is 0 Å². The van der Waals surface area contributed by atoms with E-state index in [1.807, 2.05) is 0 Å². The number of phenolic OH excluding ortho intramolecular Hbond substituents is 1. The third-order valence-corrected chi connectivity index (χ3v) is 2.82. The van der Waals surface area contributed by atoms with Crippen LogP contribution in [0.25, 0.3) is 6.08 Å². The first-order valence-electron chi connectivity index (χ1n) is 5.66. The average molecular weight is 256 g/mol. The van der Waals surface area contributed by atoms with Crippen LogP contribution in [-0.4, -0.2) is 10.9 Å². The minimum atomic E-state index is -0.339. The van der Waals surface area contributed by atoms with Crippen LogP contribution in [0.15, 0.2) is 48.2 Å². The molecule has 0 atom stereocenters. The number of rotatable bonds is 1. The predicted octanol–water partition coefficient (Wildman–Crippen LogP) is 3.15. The standard InChI is InChI=1S/C15H9FO3/c16-10-3-1-9(2-4-10)7-14-15(18)12-6-5-11(17)8-13(12)19-14/h1-8,17H/b14-7+. The Balaban J connectivity index is 1.97. The quantitative estimate of drug-likeness (QED) is 0.797. The molecule has 0 saturated carbocycles. The van der Waals surface area contributed by atoms with Gasteiger partial charge in [0.05, 0.1) is 5.56 Å². The molecule has 94 valence electrons. The molecular formula is C15H9FO3. The summed E-state index contributed by atoms with van der Waals surface area (Å²) in [5.41, 5.74) is 1.08. The van der Waals surface area contributed by atoms with Crippen molar-refractivity contribution in [3.63, 3.8) is 0 Å². The summed E-state index contributed by atoms with van der Waals surface area (Å²) in [7, 11) is 0. The van der Waals surface area contributed by atoms with Crippen LogP contribution in [0, 0.1) is 5.82 Å². The van der Waals surface area contributed by atoms with Crippen LogP contribution in [0.4, 0.5) is 4.39 Å². The van der Waals surface area contributed by atoms with Crippen LogP contribution in [0.5, 0.6) is 11.5 Å². The maximum atomic E-state index is 12.8. The second-order valence-corrected chi connectivity index (χ2v) is 4.17. The van der Waals surface area contributed by atoms with Gasteiger partial charge in [0.1, 0.15) is 17.3 Å². The average Bonchev–Trinajstić information content (AvgIpc) is 2.68. The lowest BCUT2D eigenvalue weighted by atomic mass is 10.1. The zero-order valence-corrected chi connectivity index (χ0v) is 9.76. The monoisotopic (exact) mass is 256 g/mol. The number of ether oxygens (including phenoxy) is 1. The van der Waals surface area contributed by atoms with Crippen molar-refractivity contribution in [2.75, 3.05) is 0 Å². The summed E-state index contributed by atoms with van der Waals surface area (Å²) >= 11 is 0. The van der Waals surface area contributed by atoms with Crippen LogP contribution in [0.1, 0.15) is 15.9 Å². The highest BCUT2D eigenvalue weighted by molar-refractivity contribution is 6.14. The number of benzene rings is 2. The number of aromatic hydroxyl groups is 1. The fourth-order valence-electron chi connectivity index (χ4n) is 1.89. The lowest BCUT2D eigenvalue weighted by Gasteiger charge is -1.98. The van der Waals surface area contributed by atoms with Gasteiger partial charge in [-0.15, -0.1) is 0 Å². The molecule has 19 heavy (non-hydrogen) atoms. The van der Waals surface area contributed by atoms with Crippen LogP contribution in [0.3, 0.4) is 0 Å². The summed E-state index contributed by atoms with van der Waals surface area (Å²) in [4.78, 5) is 12.0. The molecule has 4 heteroatoms. The van der Waals surface area contributed by atoms with Crippen molar-refractivity contribution < 1.29 is 19.0 Å². The second-order valence-electron chi connectivity index (χ2n) is 4.17. The van der Waals surface area contributed by atoms with E-state index in [4.69, 9.17) is 4.74 Å². The van der Waals surface area contributed by atoms with E-state index in [9.17, 15) is 14.3 Å². The Kier molecular flexibility index (Phi) is 2.56. The first-order valence-corrected chi connectivity index (χ1v) is 5.66. The first kappa shape index (κ1) is 11.5. The van der Waals surface area contributed by atoms with Gasteiger partial charge < -0.3 is 9.84 Å². The van der Waals surface area contributed by atoms with Crippen LogP contribution < -0.4 is 4.74 Å². The fraction of sp³-hybridized carbons (Fsp3) is 0. The SMILES string of the molecule is O=C1/C(=C\c2ccc(F)cc2)Oc2cc(O)ccc21. The van der Waals surface area contributed by atoms with Crippen molar-refractivity contribution in [3.05, 3.63) is 65.2 Å². The van der Waals surface area contributed by atoms with Crippen molar-refractivity contribution in [2.24, 2.45) is 0 Å². The van der Waals surface area contributed by atoms with Crippen molar-refractivity contribution in [3.8, 4) is 11.5 Å². The fourth-order valence-corrected chi connectivity index (χ4v) is 1.89. The molecule has 1 aliphatic heterocycles. The van der Waals surface area contributed by atoms with Gasteiger partial charge in [0.25, 0.3) is 0 Å². The van der Waals surface area contributed by atoms with Crippen LogP contribution >= 0.6 is 0 Å². The number of carbonyl (C=O) groups is 1. The second kappa shape index (κ2) is 4.24. The van der Waals surface area contributed by atoms with Gasteiger partial charge in [0, 0.05) is 6.07 Å². The number of hydrogen-bond acceptors (Lipinski definition) is 3. The molecule has 2 aromatic rings. The molecule has 2 aromatic carbocycles. The predicted molar refractivity (Wildman–Crippen MR) is 67.4 cm³/mol. The summed E-state index contributed by atoms with van der Waals surface area (Å²) in [5.74, 6) is -0.0616. The van der Waals surface area contributed by atoms with Crippen molar-refractivity contribution in [1.29, 1.82) is 0 Å². The number of halogens is 1. The van der Waals surface area contributed by atoms with Crippen LogP contribution in [0.2, 0.25) is 0 Å². The van der Waals surface area contributed by atoms with Gasteiger partial charge in [0.15, 0.2) is 5.76 Å². The normalized spacial score (nSPS) is 15.4. The van der Waals surface area contributed by atoms with Crippen molar-refractivity contribution in [1.82, 2.24) is 0 Å². The lowest BCUT2D eigenvalue weighted by Crippen LogP contribution is -1.97. The first-order chi connectivity index (χ1) is 9.13. The minimum Gasteiger partial charge on any atom is -0.508 e. The molecule has 0 aliphatic carbocycles. The molecule has 1 heterocycles. The van der Waals surface area contributed by atoms with Gasteiger partial charge in [0.2, 0.25) is 5.78 Å². The molecule has 0 fully saturated rings. The van der Waals surface area contributed by atoms with E-state index < -0.39 is 0 Å². The van der Waals surface area contributed by atoms with Gasteiger partial charge in [-0.25, -0.2) is 4.39 Å². The van der Waals surface area contributed by atoms with E-state index in [0.29, 0.717) is 16.9 Å². The van der Waals surface area contributed by atoms with E-state index in [1.165, 1.54) is 30.3 Å². The molecule has 0 spiro atoms. The maximum Gasteiger partial charge on any atom is 0.231 e. The number of phenols is 1. The summed E-state index contributed by atoms with van der Waals surface area (Å²) < 4.78 is 18.2. The zero-order valence-electron chi connectivity index (χ0n) is 9.76. The Labute approximate surface area is 108 Å². The van der Waals surface area contributed by atoms with Gasteiger partial charge >= 0.3 is 0 Å². The lowest BCUT2D eigenvalue weighted by molar-refractivity contribution is 0.101. The van der Waals surface area contributed by atoms with Crippen LogP contribution in [-0.2, 0) is 0 Å². The largest absolute Gasteiger partial charge is 0.508 e. The highest BCUT2D eigenvalue weighted by atomic mass is 19.1. The van der Waals surface area contributed by atoms with Gasteiger partial charge in [-0.05, 0) is 35.9 Å². The van der Waals surface area contributed by atoms with E-state index in [2.05, 4.69) is 0 Å². The highest BCUT2D eigenvalue weighted by Gasteiger charge is 2.27. The molecule has 3 rings (SSSR count). The highest BCUT2D eigenvalue weighted by Crippen LogP contribution is 2.34. The number of carbonyl (C=O) groups excluding carboxylic acids is 1. The summed E-state index contributed by atoms with van der Waals surface area (Å²) in [6, 6.07) is 10.1. The molecule has 1 aliphatic rings. The maximum absolute atomic E-state index is 12.8. The number of Topliss-reactive ketones (excluding diaryl/α,β-unsaturated/α-hetero) is 1. The van der Waals surface area contributed by atoms with E-state index in [1.54, 1.807) is 18.2 Å². The summed E-state index contributed by atoms with van der Waals surface area (Å²) in [6.07, 6.45) is 1.54. The topological polar surface area (TPSA) is 46.5 Å². The Morgan fingerprint density at radius 2 is 1.84 bits per heavy atom. The summed E-state index contributed by atoms with van der Waals surface area (Å²) in [5, 5.41) is 9.34. The number of ketones is 1. The molecule has 0 radical (unpaired) electrons. The van der Waals surface area contributed by atoms with E-state index in [-0.39, 0.29) is 23.1 Å². The molecular weight excluding hydrogens is 247 g/mol. The number of allylic oxidation sites excluding steroid dienone is 1. The molecule has 0 bridgehead atoms. The third kappa shape index (κ3) is 2.08. The molecule has 3 nitrogen and oxygen atoms in total. The number of hydrogen-bond donors (Lipinski definition) is 1. The smallest absolute Gasteiger partial charge is 0.231 e.